The van der Waals surface area contributed by atoms with Gasteiger partial charge in [0.2, 0.25) is 0 Å². The van der Waals surface area contributed by atoms with Crippen LogP contribution in [0.5, 0.6) is 0 Å². The summed E-state index contributed by atoms with van der Waals surface area (Å²) in [4.78, 5) is 14.9. The van der Waals surface area contributed by atoms with Gasteiger partial charge in [-0.3, -0.25) is 4.90 Å². The molecule has 2 amide bonds. The van der Waals surface area contributed by atoms with Gasteiger partial charge in [-0.2, -0.15) is 0 Å². The summed E-state index contributed by atoms with van der Waals surface area (Å²) in [5, 5.41) is 10.9. The van der Waals surface area contributed by atoms with Crippen molar-refractivity contribution in [2.75, 3.05) is 18.4 Å². The van der Waals surface area contributed by atoms with Gasteiger partial charge in [-0.25, -0.2) is 4.79 Å². The molecule has 1 unspecified atom stereocenters. The predicted molar refractivity (Wildman–Crippen MR) is 127 cm³/mol. The van der Waals surface area contributed by atoms with Crippen molar-refractivity contribution in [2.45, 2.75) is 38.8 Å². The van der Waals surface area contributed by atoms with E-state index in [1.54, 1.807) is 13.8 Å². The summed E-state index contributed by atoms with van der Waals surface area (Å²) in [5.74, 6) is 0.597. The number of carbonyl (C=O) groups excluding carboxylic acids is 1. The molecule has 1 fully saturated rings. The molecule has 0 bridgehead atoms. The molecule has 2 aromatic carbocycles. The Morgan fingerprint density at radius 2 is 1.78 bits per heavy atom. The molecule has 1 aliphatic heterocycles. The number of halogens is 2. The number of rotatable bonds is 5. The van der Waals surface area contributed by atoms with Gasteiger partial charge in [0.25, 0.3) is 0 Å². The number of aromatic nitrogens is 1. The number of carbonyl (C=O) groups is 1. The molecule has 2 N–H and O–H groups in total. The van der Waals surface area contributed by atoms with Gasteiger partial charge in [0, 0.05) is 19.1 Å². The minimum atomic E-state index is -0.234. The summed E-state index contributed by atoms with van der Waals surface area (Å²) >= 11 is 12.5. The Hall–Kier alpha value is -2.54. The first-order valence-corrected chi connectivity index (χ1v) is 11.4. The van der Waals surface area contributed by atoms with Crippen LogP contribution in [-0.4, -0.2) is 35.2 Å². The maximum atomic E-state index is 12.5. The Morgan fingerprint density at radius 1 is 1.06 bits per heavy atom. The van der Waals surface area contributed by atoms with Crippen LogP contribution in [0, 0.1) is 13.8 Å². The normalized spacial score (nSPS) is 16.0. The van der Waals surface area contributed by atoms with Crippen molar-refractivity contribution >= 4 is 34.9 Å². The number of benzene rings is 2. The minimum Gasteiger partial charge on any atom is -0.359 e. The molecule has 2 heterocycles. The van der Waals surface area contributed by atoms with E-state index in [4.69, 9.17) is 27.7 Å². The SMILES string of the molecule is Cc1noc(C)c1NC(=O)NC1CCN(C(c2ccccc2)c2ccc(Cl)c(Cl)c2)CC1. The van der Waals surface area contributed by atoms with Crippen LogP contribution in [0.4, 0.5) is 10.5 Å². The summed E-state index contributed by atoms with van der Waals surface area (Å²) in [6.07, 6.45) is 1.69. The molecule has 1 aliphatic rings. The number of anilines is 1. The van der Waals surface area contributed by atoms with E-state index in [1.165, 1.54) is 5.56 Å². The number of amides is 2. The lowest BCUT2D eigenvalue weighted by molar-refractivity contribution is 0.164. The molecule has 1 saturated heterocycles. The molecule has 0 spiro atoms. The van der Waals surface area contributed by atoms with Gasteiger partial charge in [0.15, 0.2) is 5.76 Å². The summed E-state index contributed by atoms with van der Waals surface area (Å²) in [6, 6.07) is 16.1. The molecule has 32 heavy (non-hydrogen) atoms. The van der Waals surface area contributed by atoms with Crippen molar-refractivity contribution in [3.63, 3.8) is 0 Å². The van der Waals surface area contributed by atoms with Crippen LogP contribution in [-0.2, 0) is 0 Å². The van der Waals surface area contributed by atoms with Crippen molar-refractivity contribution in [3.05, 3.63) is 81.2 Å². The molecular formula is C24H26Cl2N4O2. The molecule has 6 nitrogen and oxygen atoms in total. The first-order valence-electron chi connectivity index (χ1n) is 10.7. The highest BCUT2D eigenvalue weighted by molar-refractivity contribution is 6.42. The van der Waals surface area contributed by atoms with Gasteiger partial charge in [0.1, 0.15) is 11.4 Å². The van der Waals surface area contributed by atoms with E-state index in [2.05, 4.69) is 32.8 Å². The van der Waals surface area contributed by atoms with Crippen LogP contribution < -0.4 is 10.6 Å². The zero-order chi connectivity index (χ0) is 22.7. The maximum Gasteiger partial charge on any atom is 0.319 e. The van der Waals surface area contributed by atoms with Gasteiger partial charge in [-0.1, -0.05) is 64.8 Å². The molecule has 3 aromatic rings. The highest BCUT2D eigenvalue weighted by Crippen LogP contribution is 2.34. The van der Waals surface area contributed by atoms with E-state index in [0.29, 0.717) is 27.2 Å². The van der Waals surface area contributed by atoms with E-state index in [1.807, 2.05) is 36.4 Å². The van der Waals surface area contributed by atoms with E-state index >= 15 is 0 Å². The number of urea groups is 1. The van der Waals surface area contributed by atoms with Gasteiger partial charge < -0.3 is 15.2 Å². The first kappa shape index (κ1) is 22.6. The molecular weight excluding hydrogens is 447 g/mol. The highest BCUT2D eigenvalue weighted by atomic mass is 35.5. The predicted octanol–water partition coefficient (Wildman–Crippen LogP) is 5.97. The zero-order valence-electron chi connectivity index (χ0n) is 18.1. The number of hydrogen-bond donors (Lipinski definition) is 2. The lowest BCUT2D eigenvalue weighted by Crippen LogP contribution is -2.47. The van der Waals surface area contributed by atoms with Crippen LogP contribution in [0.2, 0.25) is 10.0 Å². The Labute approximate surface area is 197 Å². The number of piperidine rings is 1. The van der Waals surface area contributed by atoms with Gasteiger partial charge in [-0.05, 0) is 49.9 Å². The molecule has 1 atom stereocenters. The lowest BCUT2D eigenvalue weighted by atomic mass is 9.94. The Balaban J connectivity index is 1.43. The standard InChI is InChI=1S/C24H26Cl2N4O2/c1-15-22(16(2)32-29-15)28-24(31)27-19-10-12-30(13-11-19)23(17-6-4-3-5-7-17)18-8-9-20(25)21(26)14-18/h3-9,14,19,23H,10-13H2,1-2H3,(H2,27,28,31). The number of likely N-dealkylation sites (tertiary alicyclic amines) is 1. The molecule has 4 rings (SSSR count). The van der Waals surface area contributed by atoms with E-state index < -0.39 is 0 Å². The van der Waals surface area contributed by atoms with Crippen LogP contribution in [0.3, 0.4) is 0 Å². The average molecular weight is 473 g/mol. The average Bonchev–Trinajstić information content (AvgIpc) is 3.10. The Kier molecular flexibility index (Phi) is 7.04. The molecule has 8 heteroatoms. The number of nitrogens with zero attached hydrogens (tertiary/aromatic N) is 2. The van der Waals surface area contributed by atoms with Crippen molar-refractivity contribution in [2.24, 2.45) is 0 Å². The number of hydrogen-bond acceptors (Lipinski definition) is 4. The molecule has 0 saturated carbocycles. The topological polar surface area (TPSA) is 70.4 Å². The maximum absolute atomic E-state index is 12.5. The second kappa shape index (κ2) is 9.94. The fourth-order valence-corrected chi connectivity index (χ4v) is 4.54. The third-order valence-corrected chi connectivity index (χ3v) is 6.62. The molecule has 1 aromatic heterocycles. The van der Waals surface area contributed by atoms with Gasteiger partial charge >= 0.3 is 6.03 Å². The third-order valence-electron chi connectivity index (χ3n) is 5.88. The van der Waals surface area contributed by atoms with Crippen LogP contribution in [0.15, 0.2) is 53.1 Å². The van der Waals surface area contributed by atoms with Crippen molar-refractivity contribution in [3.8, 4) is 0 Å². The Morgan fingerprint density at radius 3 is 2.41 bits per heavy atom. The summed E-state index contributed by atoms with van der Waals surface area (Å²) < 4.78 is 5.11. The van der Waals surface area contributed by atoms with Crippen LogP contribution in [0.25, 0.3) is 0 Å². The van der Waals surface area contributed by atoms with Crippen molar-refractivity contribution in [1.29, 1.82) is 0 Å². The minimum absolute atomic E-state index is 0.0723. The van der Waals surface area contributed by atoms with Crippen LogP contribution >= 0.6 is 23.2 Å². The van der Waals surface area contributed by atoms with Crippen molar-refractivity contribution < 1.29 is 9.32 Å². The molecule has 168 valence electrons. The second-order valence-electron chi connectivity index (χ2n) is 8.09. The van der Waals surface area contributed by atoms with E-state index in [0.717, 1.165) is 31.5 Å². The summed E-state index contributed by atoms with van der Waals surface area (Å²) in [7, 11) is 0. The van der Waals surface area contributed by atoms with Crippen LogP contribution in [0.1, 0.15) is 41.5 Å². The summed E-state index contributed by atoms with van der Waals surface area (Å²) in [6.45, 7) is 5.27. The van der Waals surface area contributed by atoms with Gasteiger partial charge in [-0.15, -0.1) is 0 Å². The molecule has 0 radical (unpaired) electrons. The number of nitrogens with one attached hydrogen (secondary N) is 2. The summed E-state index contributed by atoms with van der Waals surface area (Å²) in [5.41, 5.74) is 3.60. The first-order chi connectivity index (χ1) is 15.4. The second-order valence-corrected chi connectivity index (χ2v) is 8.91. The fraction of sp³-hybridized carbons (Fsp3) is 0.333. The van der Waals surface area contributed by atoms with Gasteiger partial charge in [0.05, 0.1) is 16.1 Å². The number of aryl methyl sites for hydroxylation is 2. The highest BCUT2D eigenvalue weighted by Gasteiger charge is 2.28. The van der Waals surface area contributed by atoms with Crippen molar-refractivity contribution in [1.82, 2.24) is 15.4 Å². The van der Waals surface area contributed by atoms with E-state index in [9.17, 15) is 4.79 Å². The Bertz CT molecular complexity index is 1060. The fourth-order valence-electron chi connectivity index (χ4n) is 4.23. The largest absolute Gasteiger partial charge is 0.359 e. The van der Waals surface area contributed by atoms with E-state index in [-0.39, 0.29) is 18.1 Å². The molecule has 0 aliphatic carbocycles. The quantitative estimate of drug-likeness (QED) is 0.479. The smallest absolute Gasteiger partial charge is 0.319 e. The third kappa shape index (κ3) is 5.09. The monoisotopic (exact) mass is 472 g/mol. The lowest BCUT2D eigenvalue weighted by Gasteiger charge is -2.38. The zero-order valence-corrected chi connectivity index (χ0v) is 19.6.